The Morgan fingerprint density at radius 1 is 1.19 bits per heavy atom. The predicted molar refractivity (Wildman–Crippen MR) is 101 cm³/mol. The lowest BCUT2D eigenvalue weighted by atomic mass is 10.0. The highest BCUT2D eigenvalue weighted by Gasteiger charge is 2.32. The third-order valence-electron chi connectivity index (χ3n) is 5.38. The molecule has 1 fully saturated rings. The molecule has 2 aromatic rings. The highest BCUT2D eigenvalue weighted by atomic mass is 16.2. The zero-order valence-corrected chi connectivity index (χ0v) is 15.6. The zero-order valence-electron chi connectivity index (χ0n) is 15.6. The van der Waals surface area contributed by atoms with Gasteiger partial charge in [-0.25, -0.2) is 0 Å². The Morgan fingerprint density at radius 3 is 2.88 bits per heavy atom. The molecule has 1 aromatic heterocycles. The smallest absolute Gasteiger partial charge is 0.254 e. The van der Waals surface area contributed by atoms with Crippen LogP contribution >= 0.6 is 0 Å². The fourth-order valence-corrected chi connectivity index (χ4v) is 4.17. The topological polar surface area (TPSA) is 49.3 Å². The van der Waals surface area contributed by atoms with E-state index in [9.17, 15) is 4.79 Å². The van der Waals surface area contributed by atoms with E-state index in [4.69, 9.17) is 4.98 Å². The number of nitrogens with zero attached hydrogens (tertiary/aromatic N) is 4. The van der Waals surface area contributed by atoms with Crippen LogP contribution in [0.15, 0.2) is 30.6 Å². The Kier molecular flexibility index (Phi) is 4.72. The second-order valence-electron chi connectivity index (χ2n) is 7.67. The lowest BCUT2D eigenvalue weighted by Crippen LogP contribution is -2.31. The molecule has 1 unspecified atom stereocenters. The van der Waals surface area contributed by atoms with Crippen molar-refractivity contribution >= 4 is 5.91 Å². The van der Waals surface area contributed by atoms with E-state index in [0.717, 1.165) is 55.7 Å². The highest BCUT2D eigenvalue weighted by Crippen LogP contribution is 2.33. The normalized spacial score (nSPS) is 19.2. The molecule has 0 bridgehead atoms. The number of hydrogen-bond donors (Lipinski definition) is 0. The standard InChI is InChI=1S/C21H26N4O/c1-24(2)14-18-12-22-13-19(23-18)20-7-4-10-25(20)21(26)17-9-8-15-5-3-6-16(15)11-17/h8-9,11-13,20H,3-7,10,14H2,1-2H3. The van der Waals surface area contributed by atoms with Crippen molar-refractivity contribution in [2.45, 2.75) is 44.7 Å². The first-order chi connectivity index (χ1) is 12.6. The minimum Gasteiger partial charge on any atom is -0.330 e. The molecule has 1 amide bonds. The van der Waals surface area contributed by atoms with Gasteiger partial charge in [0.05, 0.1) is 23.6 Å². The van der Waals surface area contributed by atoms with Crippen LogP contribution in [0.2, 0.25) is 0 Å². The van der Waals surface area contributed by atoms with Gasteiger partial charge in [-0.2, -0.15) is 0 Å². The highest BCUT2D eigenvalue weighted by molar-refractivity contribution is 5.95. The monoisotopic (exact) mass is 350 g/mol. The minimum atomic E-state index is 0.0327. The lowest BCUT2D eigenvalue weighted by Gasteiger charge is -2.25. The first-order valence-electron chi connectivity index (χ1n) is 9.50. The molecular formula is C21H26N4O. The van der Waals surface area contributed by atoms with Gasteiger partial charge in [-0.1, -0.05) is 6.07 Å². The van der Waals surface area contributed by atoms with Crippen molar-refractivity contribution in [2.24, 2.45) is 0 Å². The summed E-state index contributed by atoms with van der Waals surface area (Å²) < 4.78 is 0. The summed E-state index contributed by atoms with van der Waals surface area (Å²) in [4.78, 5) is 26.4. The second-order valence-corrected chi connectivity index (χ2v) is 7.67. The van der Waals surface area contributed by atoms with Crippen LogP contribution in [0, 0.1) is 0 Å². The molecule has 0 saturated carbocycles. The van der Waals surface area contributed by atoms with Gasteiger partial charge in [-0.15, -0.1) is 0 Å². The molecule has 4 rings (SSSR count). The summed E-state index contributed by atoms with van der Waals surface area (Å²) >= 11 is 0. The number of fused-ring (bicyclic) bond motifs is 1. The molecule has 1 saturated heterocycles. The number of benzene rings is 1. The van der Waals surface area contributed by atoms with E-state index in [-0.39, 0.29) is 11.9 Å². The molecule has 2 heterocycles. The zero-order chi connectivity index (χ0) is 18.1. The molecule has 5 heteroatoms. The van der Waals surface area contributed by atoms with Gasteiger partial charge in [-0.3, -0.25) is 14.8 Å². The van der Waals surface area contributed by atoms with E-state index >= 15 is 0 Å². The number of carbonyl (C=O) groups excluding carboxylic acids is 1. The summed E-state index contributed by atoms with van der Waals surface area (Å²) in [7, 11) is 4.04. The van der Waals surface area contributed by atoms with Crippen molar-refractivity contribution in [2.75, 3.05) is 20.6 Å². The number of aromatic nitrogens is 2. The molecular weight excluding hydrogens is 324 g/mol. The van der Waals surface area contributed by atoms with E-state index in [1.54, 1.807) is 0 Å². The maximum absolute atomic E-state index is 13.2. The molecule has 0 radical (unpaired) electrons. The third kappa shape index (κ3) is 3.36. The molecule has 136 valence electrons. The van der Waals surface area contributed by atoms with Crippen LogP contribution in [0.5, 0.6) is 0 Å². The van der Waals surface area contributed by atoms with Crippen LogP contribution in [0.4, 0.5) is 0 Å². The second kappa shape index (κ2) is 7.16. The minimum absolute atomic E-state index is 0.0327. The van der Waals surface area contributed by atoms with Gasteiger partial charge in [-0.05, 0) is 69.5 Å². The van der Waals surface area contributed by atoms with Crippen molar-refractivity contribution in [3.63, 3.8) is 0 Å². The molecule has 2 aliphatic rings. The van der Waals surface area contributed by atoms with E-state index < -0.39 is 0 Å². The van der Waals surface area contributed by atoms with Gasteiger partial charge >= 0.3 is 0 Å². The largest absolute Gasteiger partial charge is 0.330 e. The van der Waals surface area contributed by atoms with Crippen LogP contribution in [-0.4, -0.2) is 46.3 Å². The Morgan fingerprint density at radius 2 is 2.04 bits per heavy atom. The van der Waals surface area contributed by atoms with Gasteiger partial charge in [0.25, 0.3) is 5.91 Å². The molecule has 26 heavy (non-hydrogen) atoms. The Labute approximate surface area is 155 Å². The molecule has 1 aliphatic carbocycles. The number of amides is 1. The molecule has 0 N–H and O–H groups in total. The number of aryl methyl sites for hydroxylation is 2. The summed E-state index contributed by atoms with van der Waals surface area (Å²) in [6, 6.07) is 6.27. The average molecular weight is 350 g/mol. The Bertz CT molecular complexity index is 817. The van der Waals surface area contributed by atoms with Gasteiger partial charge in [0.1, 0.15) is 0 Å². The van der Waals surface area contributed by atoms with Gasteiger partial charge in [0, 0.05) is 24.8 Å². The maximum Gasteiger partial charge on any atom is 0.254 e. The third-order valence-corrected chi connectivity index (χ3v) is 5.38. The first kappa shape index (κ1) is 17.2. The molecule has 1 atom stereocenters. The van der Waals surface area contributed by atoms with Crippen LogP contribution < -0.4 is 0 Å². The predicted octanol–water partition coefficient (Wildman–Crippen LogP) is 3.00. The quantitative estimate of drug-likeness (QED) is 0.850. The number of hydrogen-bond acceptors (Lipinski definition) is 4. The molecule has 0 spiro atoms. The first-order valence-corrected chi connectivity index (χ1v) is 9.50. The van der Waals surface area contributed by atoms with E-state index in [1.165, 1.54) is 17.5 Å². The Hall–Kier alpha value is -2.27. The van der Waals surface area contributed by atoms with Crippen molar-refractivity contribution < 1.29 is 4.79 Å². The SMILES string of the molecule is CN(C)Cc1cncc(C2CCCN2C(=O)c2ccc3c(c2)CCC3)n1. The van der Waals surface area contributed by atoms with Crippen LogP contribution in [0.25, 0.3) is 0 Å². The number of carbonyl (C=O) groups is 1. The van der Waals surface area contributed by atoms with Gasteiger partial charge in [0.15, 0.2) is 0 Å². The summed E-state index contributed by atoms with van der Waals surface area (Å²) in [6.45, 7) is 1.55. The van der Waals surface area contributed by atoms with Crippen LogP contribution in [0.1, 0.15) is 58.2 Å². The summed E-state index contributed by atoms with van der Waals surface area (Å²) in [5.41, 5.74) is 5.43. The fraction of sp³-hybridized carbons (Fsp3) is 0.476. The lowest BCUT2D eigenvalue weighted by molar-refractivity contribution is 0.0732. The number of likely N-dealkylation sites (tertiary alicyclic amines) is 1. The van der Waals surface area contributed by atoms with Crippen molar-refractivity contribution in [3.8, 4) is 0 Å². The van der Waals surface area contributed by atoms with Crippen LogP contribution in [-0.2, 0) is 19.4 Å². The maximum atomic E-state index is 13.2. The molecule has 1 aromatic carbocycles. The number of rotatable bonds is 4. The fourth-order valence-electron chi connectivity index (χ4n) is 4.17. The summed E-state index contributed by atoms with van der Waals surface area (Å²) in [6.07, 6.45) is 9.04. The van der Waals surface area contributed by atoms with E-state index in [2.05, 4.69) is 22.0 Å². The molecule has 1 aliphatic heterocycles. The summed E-state index contributed by atoms with van der Waals surface area (Å²) in [5.74, 6) is 0.127. The van der Waals surface area contributed by atoms with E-state index in [0.29, 0.717) is 0 Å². The molecule has 5 nitrogen and oxygen atoms in total. The Balaban J connectivity index is 1.57. The van der Waals surface area contributed by atoms with Crippen LogP contribution in [0.3, 0.4) is 0 Å². The van der Waals surface area contributed by atoms with E-state index in [1.807, 2.05) is 37.5 Å². The van der Waals surface area contributed by atoms with Crippen molar-refractivity contribution in [1.82, 2.24) is 19.8 Å². The van der Waals surface area contributed by atoms with Gasteiger partial charge < -0.3 is 9.80 Å². The van der Waals surface area contributed by atoms with Gasteiger partial charge in [0.2, 0.25) is 0 Å². The van der Waals surface area contributed by atoms with Crippen molar-refractivity contribution in [3.05, 3.63) is 58.7 Å². The summed E-state index contributed by atoms with van der Waals surface area (Å²) in [5, 5.41) is 0. The average Bonchev–Trinajstić information content (AvgIpc) is 3.29. The van der Waals surface area contributed by atoms with Crippen molar-refractivity contribution in [1.29, 1.82) is 0 Å².